The lowest BCUT2D eigenvalue weighted by molar-refractivity contribution is -0.137. The first-order valence-electron chi connectivity index (χ1n) is 10.4. The number of halogens is 5. The van der Waals surface area contributed by atoms with E-state index in [9.17, 15) is 22.8 Å². The van der Waals surface area contributed by atoms with E-state index in [4.69, 9.17) is 28.0 Å². The minimum absolute atomic E-state index is 0.269. The van der Waals surface area contributed by atoms with E-state index in [1.807, 2.05) is 12.1 Å². The van der Waals surface area contributed by atoms with Crippen molar-refractivity contribution < 1.29 is 27.6 Å². The molecular weight excluding hydrogens is 506 g/mol. The molecule has 0 bridgehead atoms. The minimum Gasteiger partial charge on any atom is -0.387 e. The smallest absolute Gasteiger partial charge is 0.387 e. The number of hydrogen-bond acceptors (Lipinski definition) is 4. The third kappa shape index (κ3) is 6.04. The maximum Gasteiger partial charge on any atom is 0.405 e. The third-order valence-electron chi connectivity index (χ3n) is 5.30. The molecule has 0 spiro atoms. The van der Waals surface area contributed by atoms with Crippen molar-refractivity contribution in [3.63, 3.8) is 0 Å². The highest BCUT2D eigenvalue weighted by molar-refractivity contribution is 6.34. The molecular formula is C24H18Cl2F3N3O3. The van der Waals surface area contributed by atoms with Gasteiger partial charge in [-0.05, 0) is 40.6 Å². The molecule has 1 heterocycles. The molecule has 1 atom stereocenters. The predicted molar refractivity (Wildman–Crippen MR) is 127 cm³/mol. The average Bonchev–Trinajstić information content (AvgIpc) is 3.29. The lowest BCUT2D eigenvalue weighted by Crippen LogP contribution is -2.40. The molecule has 0 aliphatic carbocycles. The van der Waals surface area contributed by atoms with Crippen LogP contribution in [-0.4, -0.2) is 36.8 Å². The topological polar surface area (TPSA) is 79.8 Å². The Morgan fingerprint density at radius 2 is 1.69 bits per heavy atom. The summed E-state index contributed by atoms with van der Waals surface area (Å²) >= 11 is 12.2. The molecule has 0 saturated heterocycles. The number of nitrogens with one attached hydrogen (secondary N) is 2. The molecule has 4 rings (SSSR count). The molecule has 1 aliphatic heterocycles. The zero-order valence-corrected chi connectivity index (χ0v) is 19.5. The highest BCUT2D eigenvalue weighted by atomic mass is 35.5. The van der Waals surface area contributed by atoms with Crippen molar-refractivity contribution in [2.45, 2.75) is 18.7 Å². The maximum atomic E-state index is 12.7. The Kier molecular flexibility index (Phi) is 7.18. The summed E-state index contributed by atoms with van der Waals surface area (Å²) in [6.45, 7) is -2.05. The van der Waals surface area contributed by atoms with Crippen molar-refractivity contribution in [1.29, 1.82) is 0 Å². The van der Waals surface area contributed by atoms with E-state index in [1.54, 1.807) is 47.8 Å². The molecule has 0 saturated carbocycles. The van der Waals surface area contributed by atoms with Gasteiger partial charge >= 0.3 is 6.18 Å². The largest absolute Gasteiger partial charge is 0.405 e. The number of nitrogens with zero attached hydrogens (tertiary/aromatic N) is 1. The van der Waals surface area contributed by atoms with Crippen LogP contribution in [0.3, 0.4) is 0 Å². The van der Waals surface area contributed by atoms with Gasteiger partial charge in [0.15, 0.2) is 6.10 Å². The van der Waals surface area contributed by atoms with Gasteiger partial charge in [-0.25, -0.2) is 0 Å². The molecule has 182 valence electrons. The fraction of sp³-hybridized carbons (Fsp3) is 0.208. The maximum absolute atomic E-state index is 12.7. The van der Waals surface area contributed by atoms with Crippen molar-refractivity contribution in [3.8, 4) is 0 Å². The monoisotopic (exact) mass is 523 g/mol. The molecule has 0 radical (unpaired) electrons. The summed E-state index contributed by atoms with van der Waals surface area (Å²) in [4.78, 5) is 30.0. The Bertz CT molecular complexity index is 1310. The van der Waals surface area contributed by atoms with Gasteiger partial charge in [-0.15, -0.1) is 0 Å². The molecule has 0 fully saturated rings. The van der Waals surface area contributed by atoms with Crippen LogP contribution in [0, 0.1) is 0 Å². The zero-order valence-electron chi connectivity index (χ0n) is 18.0. The van der Waals surface area contributed by atoms with Crippen LogP contribution in [0.25, 0.3) is 10.8 Å². The van der Waals surface area contributed by atoms with E-state index >= 15 is 0 Å². The van der Waals surface area contributed by atoms with Crippen molar-refractivity contribution in [2.75, 3.05) is 13.1 Å². The van der Waals surface area contributed by atoms with Crippen LogP contribution in [-0.2, 0) is 9.63 Å². The van der Waals surface area contributed by atoms with E-state index in [1.165, 1.54) is 0 Å². The van der Waals surface area contributed by atoms with Gasteiger partial charge < -0.3 is 15.5 Å². The van der Waals surface area contributed by atoms with Gasteiger partial charge in [0.1, 0.15) is 6.54 Å². The summed E-state index contributed by atoms with van der Waals surface area (Å²) < 4.78 is 36.7. The molecule has 2 amide bonds. The molecule has 1 aliphatic rings. The van der Waals surface area contributed by atoms with Crippen LogP contribution >= 0.6 is 23.2 Å². The molecule has 1 unspecified atom stereocenters. The molecule has 0 aromatic heterocycles. The van der Waals surface area contributed by atoms with Gasteiger partial charge in [0.05, 0.1) is 12.3 Å². The number of carbonyl (C=O) groups is 2. The summed E-state index contributed by atoms with van der Waals surface area (Å²) in [5.74, 6) is -1.54. The second-order valence-electron chi connectivity index (χ2n) is 7.82. The number of benzene rings is 3. The second kappa shape index (κ2) is 10.1. The van der Waals surface area contributed by atoms with Crippen molar-refractivity contribution in [2.24, 2.45) is 5.16 Å². The number of alkyl halides is 3. The Labute approximate surface area is 208 Å². The van der Waals surface area contributed by atoms with E-state index < -0.39 is 31.1 Å². The zero-order chi connectivity index (χ0) is 25.2. The minimum atomic E-state index is -4.53. The number of hydrogen-bond donors (Lipinski definition) is 2. The molecule has 6 nitrogen and oxygen atoms in total. The van der Waals surface area contributed by atoms with Crippen molar-refractivity contribution in [3.05, 3.63) is 81.3 Å². The van der Waals surface area contributed by atoms with Gasteiger partial charge in [-0.1, -0.05) is 58.7 Å². The van der Waals surface area contributed by atoms with Crippen LogP contribution in [0.15, 0.2) is 59.8 Å². The highest BCUT2D eigenvalue weighted by Gasteiger charge is 2.28. The van der Waals surface area contributed by atoms with Gasteiger partial charge in [-0.2, -0.15) is 13.2 Å². The van der Waals surface area contributed by atoms with Crippen molar-refractivity contribution in [1.82, 2.24) is 10.6 Å². The summed E-state index contributed by atoms with van der Waals surface area (Å²) in [5, 5.41) is 10.6. The summed E-state index contributed by atoms with van der Waals surface area (Å²) in [5.41, 5.74) is 2.48. The lowest BCUT2D eigenvalue weighted by atomic mass is 9.93. The van der Waals surface area contributed by atoms with Gasteiger partial charge in [-0.3, -0.25) is 9.59 Å². The average molecular weight is 524 g/mol. The predicted octanol–water partition coefficient (Wildman–Crippen LogP) is 5.42. The Morgan fingerprint density at radius 3 is 2.37 bits per heavy atom. The van der Waals surface area contributed by atoms with E-state index in [2.05, 4.69) is 10.5 Å². The fourth-order valence-electron chi connectivity index (χ4n) is 3.74. The normalized spacial score (nSPS) is 15.5. The van der Waals surface area contributed by atoms with Crippen molar-refractivity contribution >= 4 is 51.5 Å². The van der Waals surface area contributed by atoms with Crippen LogP contribution in [0.5, 0.6) is 0 Å². The molecule has 11 heteroatoms. The second-order valence-corrected chi connectivity index (χ2v) is 8.69. The SMILES string of the molecule is O=C(CNC(=O)c1ccc(C2=NOC(c3cc(Cl)cc(Cl)c3)C2)c2ccccc12)NCC(F)(F)F. The standard InChI is InChI=1S/C24H18Cl2F3N3O3/c25-14-7-13(8-15(26)9-14)21-10-20(32-35-21)18-5-6-19(17-4-2-1-3-16(17)18)23(34)30-11-22(33)31-12-24(27,28)29/h1-9,21H,10-12H2,(H,30,34)(H,31,33). The summed E-state index contributed by atoms with van der Waals surface area (Å²) in [7, 11) is 0. The third-order valence-corrected chi connectivity index (χ3v) is 5.74. The van der Waals surface area contributed by atoms with Crippen LogP contribution in [0.4, 0.5) is 13.2 Å². The molecule has 35 heavy (non-hydrogen) atoms. The van der Waals surface area contributed by atoms with E-state index in [-0.39, 0.29) is 11.7 Å². The Morgan fingerprint density at radius 1 is 1.00 bits per heavy atom. The molecule has 3 aromatic carbocycles. The number of fused-ring (bicyclic) bond motifs is 1. The first-order valence-corrected chi connectivity index (χ1v) is 11.2. The van der Waals surface area contributed by atoms with Crippen LogP contribution < -0.4 is 10.6 Å². The van der Waals surface area contributed by atoms with Gasteiger partial charge in [0.25, 0.3) is 5.91 Å². The Balaban J connectivity index is 1.51. The number of amides is 2. The molecule has 2 N–H and O–H groups in total. The fourth-order valence-corrected chi connectivity index (χ4v) is 4.29. The highest BCUT2D eigenvalue weighted by Crippen LogP contribution is 2.35. The number of carbonyl (C=O) groups excluding carboxylic acids is 2. The summed E-state index contributed by atoms with van der Waals surface area (Å²) in [6.07, 6.45) is -4.46. The quantitative estimate of drug-likeness (QED) is 0.452. The first-order chi connectivity index (χ1) is 16.6. The lowest BCUT2D eigenvalue weighted by Gasteiger charge is -2.12. The van der Waals surface area contributed by atoms with Crippen LogP contribution in [0.1, 0.15) is 34.0 Å². The summed E-state index contributed by atoms with van der Waals surface area (Å²) in [6, 6.07) is 15.6. The van der Waals surface area contributed by atoms with Gasteiger partial charge in [0, 0.05) is 27.6 Å². The van der Waals surface area contributed by atoms with E-state index in [0.717, 1.165) is 16.5 Å². The Hall–Kier alpha value is -3.30. The molecule has 3 aromatic rings. The van der Waals surface area contributed by atoms with Gasteiger partial charge in [0.2, 0.25) is 5.91 Å². The first kappa shape index (κ1) is 24.8. The number of rotatable bonds is 6. The number of oxime groups is 1. The van der Waals surface area contributed by atoms with E-state index in [0.29, 0.717) is 27.6 Å². The van der Waals surface area contributed by atoms with Crippen LogP contribution in [0.2, 0.25) is 10.0 Å².